The zero-order valence-corrected chi connectivity index (χ0v) is 36.2. The second-order valence-electron chi connectivity index (χ2n) is 18.9. The highest BCUT2D eigenvalue weighted by Crippen LogP contribution is 2.68. The molecule has 6 aliphatic carbocycles. The average Bonchev–Trinajstić information content (AvgIpc) is 3.77. The fraction of sp³-hybridized carbons (Fsp3) is 0.652. The van der Waals surface area contributed by atoms with E-state index >= 15 is 0 Å². The maximum atomic E-state index is 12.6. The lowest BCUT2D eigenvalue weighted by molar-refractivity contribution is -0.141. The van der Waals surface area contributed by atoms with E-state index in [0.717, 1.165) is 61.8 Å². The molecular formula is C46H64N4O10. The number of allylic oxidation sites excluding steroid dienone is 6. The molecule has 60 heavy (non-hydrogen) atoms. The van der Waals surface area contributed by atoms with Crippen LogP contribution in [-0.4, -0.2) is 121 Å². The number of carbonyl (C=O) groups excluding carboxylic acids is 2. The number of carboxylic acid groups (broad SMARTS) is 2. The monoisotopic (exact) mass is 832 g/mol. The summed E-state index contributed by atoms with van der Waals surface area (Å²) in [7, 11) is 7.81. The number of hydrogen-bond donors (Lipinski definition) is 4. The SMILES string of the molecule is CC(C)[C@H](N)C(=O)O.CC(C)[C@H](N)C(=O)O.COC1=C2O[C@H]3C(=O)C=C[C@H]4[C@H]5CC(C=C1)C2[C@@]34CCN5C.COC1=C2O[C@H]3C(=O)C=C[C@H]4[C@H]5CC(C=C1)C2[C@@]34CCN5C. The number of methoxy groups -OCH3 is 2. The Morgan fingerprint density at radius 2 is 1.05 bits per heavy atom. The minimum absolute atomic E-state index is 0.0208. The Bertz CT molecular complexity index is 1800. The van der Waals surface area contributed by atoms with Crippen molar-refractivity contribution in [3.63, 3.8) is 0 Å². The zero-order valence-electron chi connectivity index (χ0n) is 36.2. The van der Waals surface area contributed by atoms with Crippen LogP contribution in [0.4, 0.5) is 0 Å². The van der Waals surface area contributed by atoms with Crippen LogP contribution in [0.1, 0.15) is 53.4 Å². The van der Waals surface area contributed by atoms with Crippen molar-refractivity contribution in [2.45, 2.75) is 89.8 Å². The maximum absolute atomic E-state index is 12.6. The molecular weight excluding hydrogens is 769 g/mol. The lowest BCUT2D eigenvalue weighted by Crippen LogP contribution is -2.64. The molecule has 6 fully saturated rings. The summed E-state index contributed by atoms with van der Waals surface area (Å²) in [5.41, 5.74) is 10.2. The molecule has 4 unspecified atom stereocenters. The Morgan fingerprint density at radius 1 is 0.683 bits per heavy atom. The number of nitrogens with two attached hydrogens (primary N) is 2. The number of carboxylic acids is 2. The number of ketones is 2. The summed E-state index contributed by atoms with van der Waals surface area (Å²) < 4.78 is 23.6. The van der Waals surface area contributed by atoms with Crippen molar-refractivity contribution in [3.8, 4) is 0 Å². The van der Waals surface area contributed by atoms with Crippen LogP contribution in [0.15, 0.2) is 71.6 Å². The van der Waals surface area contributed by atoms with Gasteiger partial charge in [-0.3, -0.25) is 19.2 Å². The first-order chi connectivity index (χ1) is 28.4. The van der Waals surface area contributed by atoms with Gasteiger partial charge in [-0.1, -0.05) is 52.0 Å². The molecule has 4 saturated heterocycles. The van der Waals surface area contributed by atoms with E-state index in [0.29, 0.717) is 47.6 Å². The summed E-state index contributed by atoms with van der Waals surface area (Å²) in [5.74, 6) is 4.31. The molecule has 0 radical (unpaired) electrons. The van der Waals surface area contributed by atoms with Gasteiger partial charge in [0.1, 0.15) is 23.6 Å². The highest BCUT2D eigenvalue weighted by atomic mass is 16.5. The lowest BCUT2D eigenvalue weighted by atomic mass is 9.48. The third kappa shape index (κ3) is 6.85. The normalized spacial score (nSPS) is 39.1. The highest BCUT2D eigenvalue weighted by Gasteiger charge is 2.71. The zero-order chi connectivity index (χ0) is 43.6. The van der Waals surface area contributed by atoms with E-state index in [4.69, 9.17) is 40.6 Å². The predicted molar refractivity (Wildman–Crippen MR) is 222 cm³/mol. The van der Waals surface area contributed by atoms with Crippen molar-refractivity contribution in [2.24, 2.45) is 69.6 Å². The van der Waals surface area contributed by atoms with Gasteiger partial charge in [-0.05, 0) is 101 Å². The number of aliphatic carboxylic acids is 2. The molecule has 4 heterocycles. The van der Waals surface area contributed by atoms with Gasteiger partial charge in [0.2, 0.25) is 0 Å². The van der Waals surface area contributed by atoms with Gasteiger partial charge in [0, 0.05) is 46.6 Å². The van der Waals surface area contributed by atoms with Gasteiger partial charge in [0.25, 0.3) is 0 Å². The van der Waals surface area contributed by atoms with E-state index in [-0.39, 0.29) is 46.4 Å². The van der Waals surface area contributed by atoms with Gasteiger partial charge in [-0.25, -0.2) is 0 Å². The van der Waals surface area contributed by atoms with E-state index < -0.39 is 24.0 Å². The number of hydrogen-bond acceptors (Lipinski definition) is 12. The number of nitrogens with zero attached hydrogens (tertiary/aromatic N) is 2. The molecule has 14 atom stereocenters. The molecule has 14 heteroatoms. The number of carbonyl (C=O) groups is 4. The molecule has 0 aromatic heterocycles. The van der Waals surface area contributed by atoms with Crippen LogP contribution >= 0.6 is 0 Å². The van der Waals surface area contributed by atoms with E-state index in [9.17, 15) is 19.2 Å². The predicted octanol–water partition coefficient (Wildman–Crippen LogP) is 3.90. The number of likely N-dealkylation sites (tertiary alicyclic amines) is 2. The Morgan fingerprint density at radius 3 is 1.35 bits per heavy atom. The summed E-state index contributed by atoms with van der Waals surface area (Å²) >= 11 is 0. The smallest absolute Gasteiger partial charge is 0.320 e. The second-order valence-corrected chi connectivity index (χ2v) is 18.9. The van der Waals surface area contributed by atoms with Crippen LogP contribution in [-0.2, 0) is 38.1 Å². The van der Waals surface area contributed by atoms with Crippen molar-refractivity contribution >= 4 is 23.5 Å². The average molecular weight is 833 g/mol. The van der Waals surface area contributed by atoms with Crippen LogP contribution in [0.2, 0.25) is 0 Å². The molecule has 328 valence electrons. The van der Waals surface area contributed by atoms with Gasteiger partial charge in [0.05, 0.1) is 14.2 Å². The fourth-order valence-corrected chi connectivity index (χ4v) is 12.2. The largest absolute Gasteiger partial charge is 0.493 e. The molecule has 4 bridgehead atoms. The second kappa shape index (κ2) is 16.6. The first-order valence-electron chi connectivity index (χ1n) is 21.5. The van der Waals surface area contributed by atoms with Crippen molar-refractivity contribution in [2.75, 3.05) is 41.4 Å². The molecule has 4 aliphatic heterocycles. The number of rotatable bonds is 6. The van der Waals surface area contributed by atoms with Crippen LogP contribution in [0.5, 0.6) is 0 Å². The lowest BCUT2D eigenvalue weighted by Gasteiger charge is -2.59. The Kier molecular flexibility index (Phi) is 12.1. The molecule has 14 nitrogen and oxygen atoms in total. The molecule has 2 spiro atoms. The van der Waals surface area contributed by atoms with Crippen molar-refractivity contribution in [1.82, 2.24) is 9.80 Å². The molecule has 0 aromatic rings. The summed E-state index contributed by atoms with van der Waals surface area (Å²) in [4.78, 5) is 50.1. The van der Waals surface area contributed by atoms with Gasteiger partial charge >= 0.3 is 11.9 Å². The quantitative estimate of drug-likeness (QED) is 0.300. The minimum Gasteiger partial charge on any atom is -0.493 e. The van der Waals surface area contributed by atoms with Crippen LogP contribution in [0, 0.1) is 58.2 Å². The highest BCUT2D eigenvalue weighted by molar-refractivity contribution is 5.97. The van der Waals surface area contributed by atoms with Gasteiger partial charge < -0.3 is 50.4 Å². The van der Waals surface area contributed by atoms with Crippen LogP contribution in [0.25, 0.3) is 0 Å². The summed E-state index contributed by atoms with van der Waals surface area (Å²) in [6.07, 6.45) is 20.2. The Labute approximate surface area is 353 Å². The molecule has 6 N–H and O–H groups in total. The van der Waals surface area contributed by atoms with Gasteiger partial charge in [0.15, 0.2) is 35.3 Å². The van der Waals surface area contributed by atoms with E-state index in [1.54, 1.807) is 54.1 Å². The Balaban J connectivity index is 0.000000135. The van der Waals surface area contributed by atoms with Crippen molar-refractivity contribution in [1.29, 1.82) is 0 Å². The van der Waals surface area contributed by atoms with Crippen molar-refractivity contribution in [3.05, 3.63) is 71.6 Å². The van der Waals surface area contributed by atoms with Crippen LogP contribution in [0.3, 0.4) is 0 Å². The summed E-state index contributed by atoms with van der Waals surface area (Å²) in [6.45, 7) is 9.20. The molecule has 10 rings (SSSR count). The minimum atomic E-state index is -0.931. The molecule has 2 saturated carbocycles. The summed E-state index contributed by atoms with van der Waals surface area (Å²) in [5, 5.41) is 16.5. The number of ether oxygens (including phenoxy) is 4. The topological polar surface area (TPSA) is 204 Å². The van der Waals surface area contributed by atoms with E-state index in [1.807, 2.05) is 12.2 Å². The van der Waals surface area contributed by atoms with E-state index in [1.165, 1.54) is 0 Å². The van der Waals surface area contributed by atoms with E-state index in [2.05, 4.69) is 48.2 Å². The molecule has 10 aliphatic rings. The Hall–Kier alpha value is -4.24. The first-order valence-corrected chi connectivity index (χ1v) is 21.5. The van der Waals surface area contributed by atoms with Gasteiger partial charge in [-0.15, -0.1) is 0 Å². The first kappa shape index (κ1) is 43.8. The molecule has 0 aromatic carbocycles. The van der Waals surface area contributed by atoms with Crippen LogP contribution < -0.4 is 11.5 Å². The maximum Gasteiger partial charge on any atom is 0.320 e. The number of piperidine rings is 2. The third-order valence-corrected chi connectivity index (χ3v) is 15.4. The molecule has 0 amide bonds. The van der Waals surface area contributed by atoms with Gasteiger partial charge in [-0.2, -0.15) is 0 Å². The summed E-state index contributed by atoms with van der Waals surface area (Å²) in [6, 6.07) is -0.401. The third-order valence-electron chi connectivity index (χ3n) is 15.4. The van der Waals surface area contributed by atoms with Crippen molar-refractivity contribution < 1.29 is 48.3 Å². The fourth-order valence-electron chi connectivity index (χ4n) is 12.2. The standard InChI is InChI=1S/2C18H21NO3.2C5H11NO2/c2*1-19-8-7-18-11-4-5-13(20)17(18)22-16-14(21-2)6-3-10(15(16)18)9-12(11)19;2*1-3(2)4(6)5(7)8/h2*3-6,10-12,15,17H,7-9H2,1-2H3;2*3-4H,6H2,1-2H3,(H,7,8)/t2*10?,11-,12+,15?,17-,18-;2*4-/m0000/s1.